The average Bonchev–Trinajstić information content (AvgIpc) is 2.91. The zero-order valence-corrected chi connectivity index (χ0v) is 21.7. The van der Waals surface area contributed by atoms with Crippen molar-refractivity contribution in [3.05, 3.63) is 89.5 Å². The van der Waals surface area contributed by atoms with E-state index in [0.29, 0.717) is 17.0 Å². The SMILES string of the molecule is CCCCC1CCC(CCc2ccc(C(F)(F)Oc3ccccc3-c3ccc(C(F)(F)F)cc3)cc2)CC1. The van der Waals surface area contributed by atoms with E-state index in [1.54, 1.807) is 30.3 Å². The van der Waals surface area contributed by atoms with E-state index in [9.17, 15) is 13.2 Å². The van der Waals surface area contributed by atoms with Gasteiger partial charge in [0.15, 0.2) is 0 Å². The highest BCUT2D eigenvalue weighted by Gasteiger charge is 2.35. The van der Waals surface area contributed by atoms with Crippen molar-refractivity contribution in [1.29, 1.82) is 0 Å². The molecule has 0 saturated heterocycles. The van der Waals surface area contributed by atoms with Crippen molar-refractivity contribution >= 4 is 0 Å². The Hall–Kier alpha value is -2.89. The lowest BCUT2D eigenvalue weighted by atomic mass is 9.78. The van der Waals surface area contributed by atoms with Gasteiger partial charge in [-0.1, -0.05) is 94.3 Å². The number of halogens is 5. The highest BCUT2D eigenvalue weighted by atomic mass is 19.4. The number of para-hydroxylation sites is 1. The summed E-state index contributed by atoms with van der Waals surface area (Å²) in [5, 5.41) is 0. The number of benzene rings is 3. The third kappa shape index (κ3) is 7.36. The van der Waals surface area contributed by atoms with Gasteiger partial charge in [-0.25, -0.2) is 0 Å². The molecule has 0 spiro atoms. The van der Waals surface area contributed by atoms with Crippen LogP contribution in [0, 0.1) is 11.8 Å². The number of hydrogen-bond acceptors (Lipinski definition) is 1. The lowest BCUT2D eigenvalue weighted by Gasteiger charge is -2.28. The molecule has 0 radical (unpaired) electrons. The molecule has 1 saturated carbocycles. The molecule has 0 unspecified atom stereocenters. The van der Waals surface area contributed by atoms with Crippen molar-refractivity contribution in [3.63, 3.8) is 0 Å². The number of aryl methyl sites for hydroxylation is 1. The van der Waals surface area contributed by atoms with Crippen LogP contribution in [-0.4, -0.2) is 0 Å². The second kappa shape index (κ2) is 12.3. The lowest BCUT2D eigenvalue weighted by molar-refractivity contribution is -0.185. The van der Waals surface area contributed by atoms with Crippen LogP contribution in [0.25, 0.3) is 11.1 Å². The summed E-state index contributed by atoms with van der Waals surface area (Å²) in [5.74, 6) is 1.48. The molecule has 204 valence electrons. The maximum Gasteiger partial charge on any atom is 0.426 e. The minimum Gasteiger partial charge on any atom is -0.428 e. The van der Waals surface area contributed by atoms with Gasteiger partial charge in [-0.2, -0.15) is 22.0 Å². The minimum atomic E-state index is -4.47. The van der Waals surface area contributed by atoms with Crippen LogP contribution in [-0.2, 0) is 18.7 Å². The maximum absolute atomic E-state index is 15.1. The Balaban J connectivity index is 1.37. The monoisotopic (exact) mass is 530 g/mol. The molecular weight excluding hydrogens is 495 g/mol. The van der Waals surface area contributed by atoms with Crippen molar-refractivity contribution < 1.29 is 26.7 Å². The molecule has 1 fully saturated rings. The fourth-order valence-electron chi connectivity index (χ4n) is 5.37. The molecule has 1 aliphatic carbocycles. The molecule has 0 N–H and O–H groups in total. The molecule has 0 heterocycles. The summed E-state index contributed by atoms with van der Waals surface area (Å²) < 4.78 is 74.1. The number of hydrogen-bond donors (Lipinski definition) is 0. The molecule has 0 atom stereocenters. The number of unbranched alkanes of at least 4 members (excludes halogenated alkanes) is 1. The molecule has 1 aliphatic rings. The molecule has 1 nitrogen and oxygen atoms in total. The second-order valence-electron chi connectivity index (χ2n) is 10.5. The van der Waals surface area contributed by atoms with E-state index in [2.05, 4.69) is 6.92 Å². The number of rotatable bonds is 10. The summed E-state index contributed by atoms with van der Waals surface area (Å²) in [6.45, 7) is 2.24. The predicted molar refractivity (Wildman–Crippen MR) is 141 cm³/mol. The van der Waals surface area contributed by atoms with E-state index < -0.39 is 17.8 Å². The van der Waals surface area contributed by atoms with Crippen LogP contribution in [0.1, 0.15) is 75.0 Å². The van der Waals surface area contributed by atoms with Crippen LogP contribution in [0.2, 0.25) is 0 Å². The zero-order chi connectivity index (χ0) is 27.2. The quantitative estimate of drug-likeness (QED) is 0.237. The van der Waals surface area contributed by atoms with Gasteiger partial charge in [0.05, 0.1) is 11.1 Å². The molecule has 4 rings (SSSR count). The normalized spacial score (nSPS) is 18.4. The fraction of sp³-hybridized carbons (Fsp3) is 0.438. The predicted octanol–water partition coefficient (Wildman–Crippen LogP) is 10.4. The van der Waals surface area contributed by atoms with Gasteiger partial charge in [0, 0.05) is 5.56 Å². The summed E-state index contributed by atoms with van der Waals surface area (Å²) in [5.41, 5.74) is 0.619. The van der Waals surface area contributed by atoms with Crippen LogP contribution in [0.3, 0.4) is 0 Å². The Morgan fingerprint density at radius 1 is 0.711 bits per heavy atom. The molecule has 0 aromatic heterocycles. The van der Waals surface area contributed by atoms with E-state index in [1.807, 2.05) is 0 Å². The second-order valence-corrected chi connectivity index (χ2v) is 10.5. The smallest absolute Gasteiger partial charge is 0.426 e. The Morgan fingerprint density at radius 3 is 1.89 bits per heavy atom. The highest BCUT2D eigenvalue weighted by Crippen LogP contribution is 2.39. The first-order valence-electron chi connectivity index (χ1n) is 13.6. The third-order valence-corrected chi connectivity index (χ3v) is 7.71. The Kier molecular flexibility index (Phi) is 9.11. The summed E-state index contributed by atoms with van der Waals surface area (Å²) >= 11 is 0. The summed E-state index contributed by atoms with van der Waals surface area (Å²) in [7, 11) is 0. The largest absolute Gasteiger partial charge is 0.428 e. The highest BCUT2D eigenvalue weighted by molar-refractivity contribution is 5.70. The van der Waals surface area contributed by atoms with Gasteiger partial charge < -0.3 is 4.74 Å². The topological polar surface area (TPSA) is 9.23 Å². The molecule has 0 aliphatic heterocycles. The minimum absolute atomic E-state index is 0.101. The maximum atomic E-state index is 15.1. The van der Waals surface area contributed by atoms with Crippen LogP contribution < -0.4 is 4.74 Å². The van der Waals surface area contributed by atoms with Crippen LogP contribution in [0.15, 0.2) is 72.8 Å². The van der Waals surface area contributed by atoms with Gasteiger partial charge in [0.25, 0.3) is 0 Å². The first kappa shape index (κ1) is 28.1. The van der Waals surface area contributed by atoms with Crippen LogP contribution in [0.4, 0.5) is 22.0 Å². The van der Waals surface area contributed by atoms with Crippen molar-refractivity contribution in [2.45, 2.75) is 77.0 Å². The summed E-state index contributed by atoms with van der Waals surface area (Å²) in [6, 6.07) is 16.8. The molecule has 0 bridgehead atoms. The van der Waals surface area contributed by atoms with Crippen LogP contribution in [0.5, 0.6) is 5.75 Å². The van der Waals surface area contributed by atoms with Crippen molar-refractivity contribution in [3.8, 4) is 16.9 Å². The number of alkyl halides is 5. The Labute approximate surface area is 222 Å². The fourth-order valence-corrected chi connectivity index (χ4v) is 5.37. The number of ether oxygens (including phenoxy) is 1. The molecular formula is C32H35F5O. The molecule has 6 heteroatoms. The van der Waals surface area contributed by atoms with Gasteiger partial charge in [-0.05, 0) is 66.1 Å². The Morgan fingerprint density at radius 2 is 1.29 bits per heavy atom. The first-order chi connectivity index (χ1) is 18.2. The zero-order valence-electron chi connectivity index (χ0n) is 21.7. The van der Waals surface area contributed by atoms with Gasteiger partial charge in [0.2, 0.25) is 0 Å². The van der Waals surface area contributed by atoms with Gasteiger partial charge >= 0.3 is 12.3 Å². The van der Waals surface area contributed by atoms with E-state index in [0.717, 1.165) is 36.5 Å². The van der Waals surface area contributed by atoms with E-state index in [-0.39, 0.29) is 11.3 Å². The van der Waals surface area contributed by atoms with Crippen molar-refractivity contribution in [1.82, 2.24) is 0 Å². The van der Waals surface area contributed by atoms with Gasteiger partial charge in [0.1, 0.15) is 5.75 Å². The molecule has 3 aromatic carbocycles. The first-order valence-corrected chi connectivity index (χ1v) is 13.6. The van der Waals surface area contributed by atoms with Gasteiger partial charge in [-0.15, -0.1) is 0 Å². The molecule has 38 heavy (non-hydrogen) atoms. The lowest BCUT2D eigenvalue weighted by Crippen LogP contribution is -2.22. The van der Waals surface area contributed by atoms with Crippen molar-refractivity contribution in [2.75, 3.05) is 0 Å². The summed E-state index contributed by atoms with van der Waals surface area (Å²) in [6.07, 6.45) is 2.92. The third-order valence-electron chi connectivity index (χ3n) is 7.71. The van der Waals surface area contributed by atoms with Crippen LogP contribution >= 0.6 is 0 Å². The average molecular weight is 531 g/mol. The molecule has 3 aromatic rings. The van der Waals surface area contributed by atoms with E-state index >= 15 is 8.78 Å². The van der Waals surface area contributed by atoms with E-state index in [4.69, 9.17) is 4.74 Å². The summed E-state index contributed by atoms with van der Waals surface area (Å²) in [4.78, 5) is 0. The standard InChI is InChI=1S/C32H35F5O/c1-2-3-6-23-9-11-24(12-10-23)13-14-25-15-19-28(20-16-25)32(36,37)38-30-8-5-4-7-29(30)26-17-21-27(22-18-26)31(33,34)35/h4-5,7-8,15-24H,2-3,6,9-14H2,1H3. The van der Waals surface area contributed by atoms with Crippen molar-refractivity contribution in [2.24, 2.45) is 11.8 Å². The van der Waals surface area contributed by atoms with Gasteiger partial charge in [-0.3, -0.25) is 0 Å². The molecule has 0 amide bonds. The Bertz CT molecular complexity index is 1140. The van der Waals surface area contributed by atoms with E-state index in [1.165, 1.54) is 75.3 Å².